The maximum Gasteiger partial charge on any atom is 0.319 e. The molecule has 0 aliphatic rings. The van der Waals surface area contributed by atoms with E-state index in [0.717, 1.165) is 24.3 Å². The smallest absolute Gasteiger partial charge is 0.319 e. The normalized spacial score (nSPS) is 10.2. The highest BCUT2D eigenvalue weighted by Crippen LogP contribution is 2.15. The molecule has 1 aromatic rings. The van der Waals surface area contributed by atoms with Gasteiger partial charge >= 0.3 is 6.03 Å². The van der Waals surface area contributed by atoms with Crippen LogP contribution in [0.25, 0.3) is 0 Å². The fourth-order valence-corrected chi connectivity index (χ4v) is 1.81. The Bertz CT molecular complexity index is 393. The standard InChI is InChI=1S/C16H26N2O3/c1-3-4-5-6-11-17-16(19)18-14-7-9-15(10-8-14)21-13-12-20-2/h7-10H,3-6,11-13H2,1-2H3,(H2,17,18,19). The van der Waals surface area contributed by atoms with Gasteiger partial charge in [-0.15, -0.1) is 0 Å². The number of methoxy groups -OCH3 is 1. The van der Waals surface area contributed by atoms with E-state index in [1.807, 2.05) is 24.3 Å². The largest absolute Gasteiger partial charge is 0.491 e. The average Bonchev–Trinajstić information content (AvgIpc) is 2.49. The van der Waals surface area contributed by atoms with Gasteiger partial charge in [-0.3, -0.25) is 0 Å². The molecule has 0 radical (unpaired) electrons. The van der Waals surface area contributed by atoms with E-state index >= 15 is 0 Å². The van der Waals surface area contributed by atoms with Gasteiger partial charge in [0.25, 0.3) is 0 Å². The predicted octanol–water partition coefficient (Wildman–Crippen LogP) is 3.41. The Morgan fingerprint density at radius 1 is 1.10 bits per heavy atom. The molecular formula is C16H26N2O3. The van der Waals surface area contributed by atoms with Gasteiger partial charge in [0.2, 0.25) is 0 Å². The minimum Gasteiger partial charge on any atom is -0.491 e. The van der Waals surface area contributed by atoms with Gasteiger partial charge in [0, 0.05) is 19.3 Å². The number of urea groups is 1. The Balaban J connectivity index is 2.23. The van der Waals surface area contributed by atoms with Crippen molar-refractivity contribution in [1.29, 1.82) is 0 Å². The Hall–Kier alpha value is -1.75. The van der Waals surface area contributed by atoms with Crippen molar-refractivity contribution in [2.45, 2.75) is 32.6 Å². The SMILES string of the molecule is CCCCCCNC(=O)Nc1ccc(OCCOC)cc1. The summed E-state index contributed by atoms with van der Waals surface area (Å²) in [6.45, 7) is 3.95. The van der Waals surface area contributed by atoms with Crippen molar-refractivity contribution >= 4 is 11.7 Å². The van der Waals surface area contributed by atoms with Crippen LogP contribution in [-0.4, -0.2) is 32.9 Å². The lowest BCUT2D eigenvalue weighted by atomic mass is 10.2. The zero-order valence-electron chi connectivity index (χ0n) is 13.0. The molecular weight excluding hydrogens is 268 g/mol. The van der Waals surface area contributed by atoms with E-state index in [-0.39, 0.29) is 6.03 Å². The molecule has 1 rings (SSSR count). The highest BCUT2D eigenvalue weighted by Gasteiger charge is 2.01. The summed E-state index contributed by atoms with van der Waals surface area (Å²) in [5.41, 5.74) is 0.750. The van der Waals surface area contributed by atoms with Crippen LogP contribution >= 0.6 is 0 Å². The molecule has 0 saturated carbocycles. The minimum atomic E-state index is -0.167. The quantitative estimate of drug-likeness (QED) is 0.650. The Kier molecular flexibility index (Phi) is 9.04. The van der Waals surface area contributed by atoms with Crippen LogP contribution in [0.2, 0.25) is 0 Å². The van der Waals surface area contributed by atoms with E-state index < -0.39 is 0 Å². The molecule has 5 heteroatoms. The number of nitrogens with one attached hydrogen (secondary N) is 2. The number of hydrogen-bond donors (Lipinski definition) is 2. The third-order valence-electron chi connectivity index (χ3n) is 2.98. The fourth-order valence-electron chi connectivity index (χ4n) is 1.81. The summed E-state index contributed by atoms with van der Waals surface area (Å²) >= 11 is 0. The molecule has 2 amide bonds. The number of amides is 2. The first kappa shape index (κ1) is 17.3. The topological polar surface area (TPSA) is 59.6 Å². The molecule has 118 valence electrons. The summed E-state index contributed by atoms with van der Waals surface area (Å²) in [6.07, 6.45) is 4.59. The predicted molar refractivity (Wildman–Crippen MR) is 85.0 cm³/mol. The second kappa shape index (κ2) is 11.0. The first-order chi connectivity index (χ1) is 10.3. The molecule has 0 unspecified atom stereocenters. The van der Waals surface area contributed by atoms with Crippen LogP contribution in [0.15, 0.2) is 24.3 Å². The van der Waals surface area contributed by atoms with E-state index in [0.29, 0.717) is 19.8 Å². The number of unbranched alkanes of at least 4 members (excludes halogenated alkanes) is 3. The zero-order valence-corrected chi connectivity index (χ0v) is 13.0. The lowest BCUT2D eigenvalue weighted by Crippen LogP contribution is -2.29. The van der Waals surface area contributed by atoms with Crippen LogP contribution in [0.5, 0.6) is 5.75 Å². The first-order valence-corrected chi connectivity index (χ1v) is 7.53. The van der Waals surface area contributed by atoms with Crippen molar-refractivity contribution in [3.8, 4) is 5.75 Å². The van der Waals surface area contributed by atoms with Gasteiger partial charge in [0.1, 0.15) is 12.4 Å². The summed E-state index contributed by atoms with van der Waals surface area (Å²) in [6, 6.07) is 7.12. The molecule has 5 nitrogen and oxygen atoms in total. The number of hydrogen-bond acceptors (Lipinski definition) is 3. The molecule has 2 N–H and O–H groups in total. The Morgan fingerprint density at radius 3 is 2.52 bits per heavy atom. The highest BCUT2D eigenvalue weighted by molar-refractivity contribution is 5.89. The summed E-state index contributed by atoms with van der Waals surface area (Å²) < 4.78 is 10.4. The molecule has 0 spiro atoms. The van der Waals surface area contributed by atoms with E-state index in [1.165, 1.54) is 12.8 Å². The molecule has 0 heterocycles. The van der Waals surface area contributed by atoms with E-state index in [2.05, 4.69) is 17.6 Å². The molecule has 1 aromatic carbocycles. The number of carbonyl (C=O) groups is 1. The molecule has 0 bridgehead atoms. The van der Waals surface area contributed by atoms with Crippen molar-refractivity contribution in [2.24, 2.45) is 0 Å². The van der Waals surface area contributed by atoms with Gasteiger partial charge in [-0.1, -0.05) is 26.2 Å². The van der Waals surface area contributed by atoms with Crippen LogP contribution < -0.4 is 15.4 Å². The van der Waals surface area contributed by atoms with Crippen molar-refractivity contribution in [3.63, 3.8) is 0 Å². The van der Waals surface area contributed by atoms with Gasteiger partial charge in [0.15, 0.2) is 0 Å². The maximum absolute atomic E-state index is 11.7. The molecule has 0 aromatic heterocycles. The second-order valence-corrected chi connectivity index (χ2v) is 4.81. The molecule has 0 atom stereocenters. The highest BCUT2D eigenvalue weighted by atomic mass is 16.5. The van der Waals surface area contributed by atoms with Gasteiger partial charge in [-0.25, -0.2) is 4.79 Å². The maximum atomic E-state index is 11.7. The average molecular weight is 294 g/mol. The van der Waals surface area contributed by atoms with Crippen LogP contribution in [0.3, 0.4) is 0 Å². The third kappa shape index (κ3) is 8.19. The Labute approximate surface area is 127 Å². The summed E-state index contributed by atoms with van der Waals surface area (Å²) in [5.74, 6) is 0.762. The van der Waals surface area contributed by atoms with E-state index in [4.69, 9.17) is 9.47 Å². The number of ether oxygens (including phenoxy) is 2. The Morgan fingerprint density at radius 2 is 1.86 bits per heavy atom. The van der Waals surface area contributed by atoms with Gasteiger partial charge in [0.05, 0.1) is 6.61 Å². The first-order valence-electron chi connectivity index (χ1n) is 7.53. The van der Waals surface area contributed by atoms with Gasteiger partial charge in [-0.2, -0.15) is 0 Å². The fraction of sp³-hybridized carbons (Fsp3) is 0.562. The van der Waals surface area contributed by atoms with Crippen molar-refractivity contribution < 1.29 is 14.3 Å². The van der Waals surface area contributed by atoms with Gasteiger partial charge < -0.3 is 20.1 Å². The molecule has 21 heavy (non-hydrogen) atoms. The van der Waals surface area contributed by atoms with E-state index in [9.17, 15) is 4.79 Å². The lowest BCUT2D eigenvalue weighted by molar-refractivity contribution is 0.146. The number of rotatable bonds is 10. The molecule has 0 fully saturated rings. The summed E-state index contributed by atoms with van der Waals surface area (Å²) in [7, 11) is 1.64. The summed E-state index contributed by atoms with van der Waals surface area (Å²) in [4.78, 5) is 11.7. The number of anilines is 1. The van der Waals surface area contributed by atoms with Crippen molar-refractivity contribution in [2.75, 3.05) is 32.2 Å². The zero-order chi connectivity index (χ0) is 15.3. The summed E-state index contributed by atoms with van der Waals surface area (Å²) in [5, 5.41) is 5.65. The number of benzene rings is 1. The van der Waals surface area contributed by atoms with Crippen molar-refractivity contribution in [1.82, 2.24) is 5.32 Å². The van der Waals surface area contributed by atoms with Crippen molar-refractivity contribution in [3.05, 3.63) is 24.3 Å². The minimum absolute atomic E-state index is 0.167. The molecule has 0 aliphatic heterocycles. The second-order valence-electron chi connectivity index (χ2n) is 4.81. The van der Waals surface area contributed by atoms with Crippen LogP contribution in [0, 0.1) is 0 Å². The van der Waals surface area contributed by atoms with Crippen LogP contribution in [0.4, 0.5) is 10.5 Å². The molecule has 0 aliphatic carbocycles. The molecule has 0 saturated heterocycles. The van der Waals surface area contributed by atoms with Crippen LogP contribution in [0.1, 0.15) is 32.6 Å². The van der Waals surface area contributed by atoms with Crippen LogP contribution in [-0.2, 0) is 4.74 Å². The van der Waals surface area contributed by atoms with E-state index in [1.54, 1.807) is 7.11 Å². The third-order valence-corrected chi connectivity index (χ3v) is 2.98. The lowest BCUT2D eigenvalue weighted by Gasteiger charge is -2.09. The van der Waals surface area contributed by atoms with Gasteiger partial charge in [-0.05, 0) is 30.7 Å². The number of carbonyl (C=O) groups excluding carboxylic acids is 1. The monoisotopic (exact) mass is 294 g/mol.